The number of hydrogen-bond acceptors (Lipinski definition) is 2. The molecule has 0 aromatic rings. The maximum absolute atomic E-state index is 7.81. The molecule has 0 unspecified atom stereocenters. The summed E-state index contributed by atoms with van der Waals surface area (Å²) in [5.74, 6) is 0. The van der Waals surface area contributed by atoms with Gasteiger partial charge in [-0.3, -0.25) is 0 Å². The van der Waals surface area contributed by atoms with Gasteiger partial charge in [0.25, 0.3) is 0 Å². The Balaban J connectivity index is -0.00000000167. The molecule has 8 heavy (non-hydrogen) atoms. The van der Waals surface area contributed by atoms with E-state index in [1.807, 2.05) is 0 Å². The summed E-state index contributed by atoms with van der Waals surface area (Å²) in [5.41, 5.74) is 0. The Kier molecular flexibility index (Phi) is 241. The molecular formula is H4Ba2Cu2O2Y2. The molecule has 2 nitrogen and oxygen atoms in total. The Labute approximate surface area is 196 Å². The zero-order chi connectivity index (χ0) is 4.00. The smallest absolute Gasteiger partial charge is 0 e. The van der Waals surface area contributed by atoms with Crippen molar-refractivity contribution in [2.75, 3.05) is 0 Å². The second-order valence-electron chi connectivity index (χ2n) is 0. The van der Waals surface area contributed by atoms with Crippen LogP contribution in [0.4, 0.5) is 0 Å². The zero-order valence-electron chi connectivity index (χ0n) is 2.57. The summed E-state index contributed by atoms with van der Waals surface area (Å²) in [5, 5.41) is 0. The number of rotatable bonds is 0. The molecule has 0 saturated heterocycles. The van der Waals surface area contributed by atoms with Gasteiger partial charge in [0.15, 0.2) is 0 Å². The van der Waals surface area contributed by atoms with Gasteiger partial charge < -0.3 is 0 Å². The van der Waals surface area contributed by atoms with E-state index in [1.54, 1.807) is 0 Å². The summed E-state index contributed by atoms with van der Waals surface area (Å²) in [6.07, 6.45) is 0. The summed E-state index contributed by atoms with van der Waals surface area (Å²) in [4.78, 5) is 0. The third-order valence-electron chi connectivity index (χ3n) is 0. The molecule has 0 N–H and O–H groups in total. The molecule has 0 aliphatic carbocycles. The second-order valence-corrected chi connectivity index (χ2v) is 0. The van der Waals surface area contributed by atoms with Crippen molar-refractivity contribution in [1.29, 1.82) is 0 Å². The molecule has 0 saturated carbocycles. The van der Waals surface area contributed by atoms with Crippen LogP contribution in [-0.2, 0) is 105 Å². The van der Waals surface area contributed by atoms with Gasteiger partial charge in [-0.25, -0.2) is 0 Å². The van der Waals surface area contributed by atoms with E-state index in [-0.39, 0.29) is 163 Å². The summed E-state index contributed by atoms with van der Waals surface area (Å²) in [6.45, 7) is 0. The van der Waals surface area contributed by atoms with Crippen molar-refractivity contribution in [2.45, 2.75) is 0 Å². The van der Waals surface area contributed by atoms with Gasteiger partial charge in [-0.15, -0.1) is 0 Å². The third-order valence-corrected chi connectivity index (χ3v) is 0. The van der Waals surface area contributed by atoms with Crippen LogP contribution in [0.2, 0.25) is 0 Å². The first-order chi connectivity index (χ1) is 2.00. The summed E-state index contributed by atoms with van der Waals surface area (Å²) >= 11 is 5.88. The minimum atomic E-state index is 0. The molecule has 0 spiro atoms. The SMILES string of the molecule is [BaH2].[BaH2].[O]=[Cu].[O]=[Cu].[Y].[Y]. The maximum Gasteiger partial charge on any atom is 0 e. The molecular weight excluding hydrogens is 612 g/mol. The van der Waals surface area contributed by atoms with Gasteiger partial charge in [0, 0.05) is 65.4 Å². The average Bonchev–Trinajstić information content (AvgIpc) is 1.50. The van der Waals surface area contributed by atoms with Gasteiger partial charge in [0.2, 0.25) is 0 Å². The predicted molar refractivity (Wildman–Crippen MR) is 18.5 cm³/mol. The molecule has 0 aliphatic heterocycles. The van der Waals surface area contributed by atoms with Crippen LogP contribution >= 0.6 is 0 Å². The molecule has 0 atom stereocenters. The van der Waals surface area contributed by atoms with E-state index >= 15 is 0 Å². The first-order valence-corrected chi connectivity index (χ1v) is 1.02. The Bertz CT molecular complexity index is 18.0. The maximum atomic E-state index is 7.81. The van der Waals surface area contributed by atoms with E-state index in [2.05, 4.69) is 31.9 Å². The normalized spacial score (nSPS) is 1.50. The minimum Gasteiger partial charge on any atom is 0 e. The topological polar surface area (TPSA) is 34.1 Å². The van der Waals surface area contributed by atoms with Gasteiger partial charge in [0.1, 0.15) is 0 Å². The van der Waals surface area contributed by atoms with E-state index in [0.717, 1.165) is 0 Å². The second kappa shape index (κ2) is 52.0. The molecule has 2 radical (unpaired) electrons. The molecule has 0 rings (SSSR count). The quantitative estimate of drug-likeness (QED) is 0.294. The molecule has 0 heterocycles. The fourth-order valence-electron chi connectivity index (χ4n) is 0. The molecule has 0 aliphatic rings. The van der Waals surface area contributed by atoms with Gasteiger partial charge in [-0.05, 0) is 0 Å². The van der Waals surface area contributed by atoms with E-state index < -0.39 is 0 Å². The zero-order valence-corrected chi connectivity index (χ0v) is 10.1. The fraction of sp³-hybridized carbons (Fsp3) is 0. The molecule has 8 heteroatoms. The van der Waals surface area contributed by atoms with Crippen molar-refractivity contribution in [2.24, 2.45) is 0 Å². The summed E-state index contributed by atoms with van der Waals surface area (Å²) < 4.78 is 15.6. The van der Waals surface area contributed by atoms with Crippen molar-refractivity contribution < 1.29 is 105 Å². The Morgan fingerprint density at radius 3 is 0.625 bits per heavy atom. The monoisotopic (exact) mass is 616 g/mol. The number of hydrogen-bond donors (Lipinski definition) is 0. The van der Waals surface area contributed by atoms with E-state index in [4.69, 9.17) is 7.67 Å². The standard InChI is InChI=1S/2Ba.2Cu.2O.2Y.4H. The van der Waals surface area contributed by atoms with Crippen LogP contribution in [-0.4, -0.2) is 97.8 Å². The van der Waals surface area contributed by atoms with Crippen LogP contribution in [0.1, 0.15) is 0 Å². The Hall–Kier alpha value is 5.99. The van der Waals surface area contributed by atoms with Crippen molar-refractivity contribution in [3.8, 4) is 0 Å². The van der Waals surface area contributed by atoms with Crippen molar-refractivity contribution in [1.82, 2.24) is 0 Å². The molecule has 0 fully saturated rings. The summed E-state index contributed by atoms with van der Waals surface area (Å²) in [7, 11) is 0. The van der Waals surface area contributed by atoms with Crippen LogP contribution in [0, 0.1) is 0 Å². The third kappa shape index (κ3) is 40.4. The first kappa shape index (κ1) is 37.0. The van der Waals surface area contributed by atoms with Crippen molar-refractivity contribution in [3.05, 3.63) is 0 Å². The largest absolute Gasteiger partial charge is 0 e. The minimum absolute atomic E-state index is 0. The van der Waals surface area contributed by atoms with Gasteiger partial charge >= 0.3 is 137 Å². The van der Waals surface area contributed by atoms with Crippen LogP contribution < -0.4 is 0 Å². The molecule has 0 aromatic heterocycles. The van der Waals surface area contributed by atoms with E-state index in [1.165, 1.54) is 0 Å². The van der Waals surface area contributed by atoms with E-state index in [9.17, 15) is 0 Å². The van der Waals surface area contributed by atoms with Crippen LogP contribution in [0.5, 0.6) is 0 Å². The predicted octanol–water partition coefficient (Wildman–Crippen LogP) is -2.08. The average molecular weight is 616 g/mol. The Morgan fingerprint density at radius 1 is 0.625 bits per heavy atom. The molecule has 0 bridgehead atoms. The van der Waals surface area contributed by atoms with Crippen LogP contribution in [0.15, 0.2) is 0 Å². The summed E-state index contributed by atoms with van der Waals surface area (Å²) in [6, 6.07) is 0. The van der Waals surface area contributed by atoms with Gasteiger partial charge in [-0.2, -0.15) is 0 Å². The van der Waals surface area contributed by atoms with Gasteiger partial charge in [0.05, 0.1) is 0 Å². The first-order valence-electron chi connectivity index (χ1n) is 0.246. The fourth-order valence-corrected chi connectivity index (χ4v) is 0. The van der Waals surface area contributed by atoms with E-state index in [0.29, 0.717) is 0 Å². The van der Waals surface area contributed by atoms with Gasteiger partial charge in [-0.1, -0.05) is 0 Å². The molecule has 48 valence electrons. The molecule has 0 aromatic carbocycles. The Morgan fingerprint density at radius 2 is 0.625 bits per heavy atom. The van der Waals surface area contributed by atoms with Crippen LogP contribution in [0.25, 0.3) is 0 Å². The van der Waals surface area contributed by atoms with Crippen LogP contribution in [0.3, 0.4) is 0 Å². The van der Waals surface area contributed by atoms with Crippen molar-refractivity contribution >= 4 is 97.8 Å². The molecule has 0 amide bonds. The van der Waals surface area contributed by atoms with Crippen molar-refractivity contribution in [3.63, 3.8) is 0 Å².